The average molecular weight is 2040 g/mol. The normalized spacial score (nSPS) is 9.74. The predicted molar refractivity (Wildman–Crippen MR) is 482 cm³/mol. The molecule has 0 aliphatic carbocycles. The van der Waals surface area contributed by atoms with Gasteiger partial charge in [-0.15, -0.1) is 108 Å². The Bertz CT molecular complexity index is 2870. The Kier molecular flexibility index (Phi) is 234. The maximum absolute atomic E-state index is 10.9. The fraction of sp³-hybridized carbons (Fsp3) is 0.788. The quantitative estimate of drug-likeness (QED) is 0.0218. The van der Waals surface area contributed by atoms with Crippen LogP contribution in [0.4, 0.5) is 0 Å². The standard InChI is InChI=1S/C17H33O3.C17H31O2.C13H25O3.C13H23O2.C11H21O3.C11H19O2.3CH4.6Na.6O3S/c1-3-4-5-7-10-13-16(18)14-11-8-6-9-12-15-17(19)20-2;1-3-4-5-6-7-8-9-10-11-12-13-14-15-16-17(18)19-2;1-3-9-12(14)10-7-5-4-6-8-11-13(15)16-2;1-3-4-5-6-7-8-9-10-11-12-13(14)15-2;1-10(12)8-6-4-3-5-7-9-11(13)14-2;1-3-4-5-6-7-8-9-10-11(12)13-2;;;;;;;;;;6*1-4(2)3/h13,16,18H,3-12,14-15H2,1-2H3;8-10H,3-7,11-16H2,1-2H3;9,12,14H,3-8,10-11H2,1-2H3;4-6H,3,7-12H2,1-2H3;10,12H,1,3-9H2,2H3;3-4H,1,5-10H2,2H3;3*1H4;;;;;;;;;;;;/q6*-1;;;;6*+1;;;;;;/b;10-9+;;6-5+;;4-3+;;;;;;;;;;;;;;;. The van der Waals surface area contributed by atoms with Crippen LogP contribution >= 0.6 is 0 Å². The summed E-state index contributed by atoms with van der Waals surface area (Å²) in [4.78, 5) is 64.8. The van der Waals surface area contributed by atoms with Crippen LogP contribution in [0.2, 0.25) is 0 Å². The molecule has 0 aromatic heterocycles. The number of rotatable bonds is 61. The van der Waals surface area contributed by atoms with Crippen molar-refractivity contribution < 1.29 is 326 Å². The maximum atomic E-state index is 10.9. The smallest absolute Gasteiger partial charge is 0.469 e. The van der Waals surface area contributed by atoms with Gasteiger partial charge in [0.2, 0.25) is 0 Å². The van der Waals surface area contributed by atoms with E-state index in [1.807, 2.05) is 19.4 Å². The van der Waals surface area contributed by atoms with Crippen LogP contribution in [0.1, 0.15) is 377 Å². The molecule has 0 aliphatic heterocycles. The van der Waals surface area contributed by atoms with Crippen LogP contribution in [0.25, 0.3) is 0 Å². The monoisotopic (exact) mass is 2040 g/mol. The summed E-state index contributed by atoms with van der Waals surface area (Å²) in [6.07, 6.45) is 73.5. The van der Waals surface area contributed by atoms with E-state index in [0.717, 1.165) is 193 Å². The third kappa shape index (κ3) is 273. The molecule has 744 valence electrons. The van der Waals surface area contributed by atoms with Crippen LogP contribution in [0.5, 0.6) is 0 Å². The first kappa shape index (κ1) is 181. The van der Waals surface area contributed by atoms with Crippen molar-refractivity contribution in [1.82, 2.24) is 0 Å². The molecule has 0 saturated heterocycles. The fourth-order valence-corrected chi connectivity index (χ4v) is 9.57. The molecule has 0 spiro atoms. The molecule has 0 saturated carbocycles. The van der Waals surface area contributed by atoms with Gasteiger partial charge >= 0.3 is 277 Å². The van der Waals surface area contributed by atoms with Gasteiger partial charge in [0.25, 0.3) is 0 Å². The van der Waals surface area contributed by atoms with Gasteiger partial charge in [0.1, 0.15) is 0 Å². The van der Waals surface area contributed by atoms with Gasteiger partial charge in [-0.1, -0.05) is 274 Å². The molecule has 0 fully saturated rings. The van der Waals surface area contributed by atoms with E-state index in [1.54, 1.807) is 0 Å². The first-order chi connectivity index (χ1) is 57.4. The van der Waals surface area contributed by atoms with Crippen molar-refractivity contribution in [2.75, 3.05) is 42.7 Å². The largest absolute Gasteiger partial charge is 1.00 e. The zero-order valence-corrected chi connectivity index (χ0v) is 96.9. The Hall–Kier alpha value is -0.750. The summed E-state index contributed by atoms with van der Waals surface area (Å²) in [6.45, 7) is 15.7. The summed E-state index contributed by atoms with van der Waals surface area (Å²) in [7, 11) is -10.1. The first-order valence-corrected chi connectivity index (χ1v) is 47.4. The van der Waals surface area contributed by atoms with E-state index >= 15 is 0 Å². The summed E-state index contributed by atoms with van der Waals surface area (Å²) in [5.74, 6) is -0.632. The first-order valence-electron chi connectivity index (χ1n) is 41.4. The van der Waals surface area contributed by atoms with Crippen LogP contribution < -0.4 is 177 Å². The molecule has 0 aromatic carbocycles. The van der Waals surface area contributed by atoms with Gasteiger partial charge in [-0.2, -0.15) is 12.8 Å². The fourth-order valence-electron chi connectivity index (χ4n) is 9.57. The second-order valence-electron chi connectivity index (χ2n) is 26.0. The Morgan fingerprint density at radius 1 is 0.285 bits per heavy atom. The number of carbonyl (C=O) groups is 6. The van der Waals surface area contributed by atoms with Crippen LogP contribution in [0.3, 0.4) is 0 Å². The number of allylic oxidation sites excluding steroid dienone is 6. The number of esters is 6. The topological polar surface area (TPSA) is 526 Å². The van der Waals surface area contributed by atoms with Gasteiger partial charge in [0.05, 0.1) is 42.7 Å². The molecule has 0 amide bonds. The Balaban J connectivity index is -0.0000000543. The van der Waals surface area contributed by atoms with Gasteiger partial charge in [-0.3, -0.25) is 28.8 Å². The average Bonchev–Trinajstić information content (AvgIpc) is 0.962. The minimum atomic E-state index is -3.11. The molecule has 130 heavy (non-hydrogen) atoms. The Morgan fingerprint density at radius 3 is 0.723 bits per heavy atom. The van der Waals surface area contributed by atoms with Crippen LogP contribution in [0, 0.1) is 39.5 Å². The number of aliphatic hydroxyl groups excluding tert-OH is 3. The summed E-state index contributed by atoms with van der Waals surface area (Å²) in [5, 5.41) is 28.1. The van der Waals surface area contributed by atoms with E-state index in [0.29, 0.717) is 38.5 Å². The Labute approximate surface area is 928 Å². The number of aliphatic hydroxyl groups is 3. The third-order valence-electron chi connectivity index (χ3n) is 15.7. The molecule has 33 nitrogen and oxygen atoms in total. The van der Waals surface area contributed by atoms with Gasteiger partial charge in [0.15, 0.2) is 0 Å². The summed E-state index contributed by atoms with van der Waals surface area (Å²) >= 11 is 0. The van der Waals surface area contributed by atoms with Crippen molar-refractivity contribution in [2.45, 2.75) is 396 Å². The van der Waals surface area contributed by atoms with Crippen molar-refractivity contribution >= 4 is 99.5 Å². The minimum Gasteiger partial charge on any atom is -0.469 e. The molecule has 3 unspecified atom stereocenters. The van der Waals surface area contributed by atoms with Crippen LogP contribution in [-0.2, 0) is 121 Å². The second-order valence-corrected chi connectivity index (χ2v) is 28.5. The molecule has 0 aromatic rings. The van der Waals surface area contributed by atoms with E-state index < -0.39 is 69.8 Å². The van der Waals surface area contributed by atoms with E-state index in [9.17, 15) is 39.0 Å². The zero-order valence-electron chi connectivity index (χ0n) is 80.0. The van der Waals surface area contributed by atoms with Gasteiger partial charge < -0.3 is 63.5 Å². The SMILES string of the molecule is C.C.C.CCCCCC[CH-]/C=C/CCCCCCC(=O)OC.CCCCCC[CH-]C(O)CCCCCCCC(=O)OC.CC[CH-]/C=C/CCCCCCC(=O)OC.CC[CH-]C(O)CCCCCCCC(=O)OC.O=S(=O)=O.O=S(=O)=O.O=S(=O)=O.O=S(=O)=O.O=S(=O)=O.O=S(=O)=O.[CH2-]/C=C/CCCCCCC(=O)OC.[CH2-]C(O)CCCCCCCC(=O)OC.[Na+].[Na+].[Na+].[Na+].[Na+].[Na+]. The predicted octanol–water partition coefficient (Wildman–Crippen LogP) is -0.925. The van der Waals surface area contributed by atoms with Crippen LogP contribution in [0.15, 0.2) is 36.5 Å². The molecule has 0 heterocycles. The number of hydrogen-bond acceptors (Lipinski definition) is 33. The van der Waals surface area contributed by atoms with Gasteiger partial charge in [-0.05, 0) is 38.5 Å². The maximum Gasteiger partial charge on any atom is 1.00 e. The molecule has 0 rings (SSSR count). The number of ether oxygens (including phenoxy) is 6. The van der Waals surface area contributed by atoms with Gasteiger partial charge in [0, 0.05) is 38.5 Å². The molecule has 0 radical (unpaired) electrons. The minimum absolute atomic E-state index is 0. The molecule has 0 aliphatic rings. The van der Waals surface area contributed by atoms with Crippen molar-refractivity contribution in [2.24, 2.45) is 0 Å². The van der Waals surface area contributed by atoms with E-state index in [4.69, 9.17) is 80.9 Å². The second kappa shape index (κ2) is 168. The Morgan fingerprint density at radius 2 is 0.492 bits per heavy atom. The van der Waals surface area contributed by atoms with Crippen LogP contribution in [-0.4, -0.2) is 188 Å². The van der Waals surface area contributed by atoms with E-state index in [1.165, 1.54) is 139 Å². The number of hydrogen-bond donors (Lipinski definition) is 3. The van der Waals surface area contributed by atoms with Crippen molar-refractivity contribution in [1.29, 1.82) is 0 Å². The van der Waals surface area contributed by atoms with Gasteiger partial charge in [-0.25, -0.2) is 56.2 Å². The van der Waals surface area contributed by atoms with Crippen molar-refractivity contribution in [3.8, 4) is 0 Å². The summed E-state index contributed by atoms with van der Waals surface area (Å²) in [6, 6.07) is 0. The molecular formula is C85H164Na6O33S6. The summed E-state index contributed by atoms with van der Waals surface area (Å²) in [5.41, 5.74) is 0. The van der Waals surface area contributed by atoms with E-state index in [-0.39, 0.29) is 248 Å². The molecule has 45 heteroatoms. The molecule has 3 N–H and O–H groups in total. The number of methoxy groups -OCH3 is 6. The van der Waals surface area contributed by atoms with Crippen molar-refractivity contribution in [3.05, 3.63) is 76.0 Å². The van der Waals surface area contributed by atoms with E-state index in [2.05, 4.69) is 113 Å². The molecule has 0 bridgehead atoms. The molecular weight excluding hydrogens is 1880 g/mol. The van der Waals surface area contributed by atoms with Crippen molar-refractivity contribution in [3.63, 3.8) is 0 Å². The summed E-state index contributed by atoms with van der Waals surface area (Å²) < 4.78 is 179. The molecule has 3 atom stereocenters. The third-order valence-corrected chi connectivity index (χ3v) is 15.7. The number of unbranched alkanes of at least 4 members (excludes halogenated alkanes) is 34. The number of carbonyl (C=O) groups excluding carboxylic acids is 6. The zero-order chi connectivity index (χ0) is 95.0.